The first kappa shape index (κ1) is 17.0. The lowest BCUT2D eigenvalue weighted by molar-refractivity contribution is -0.132. The molecule has 0 unspecified atom stereocenters. The van der Waals surface area contributed by atoms with Crippen molar-refractivity contribution in [3.63, 3.8) is 0 Å². The molecule has 2 amide bonds. The predicted octanol–water partition coefficient (Wildman–Crippen LogP) is 1.44. The molecule has 0 aromatic heterocycles. The minimum absolute atomic E-state index is 0.000489. The van der Waals surface area contributed by atoms with Gasteiger partial charge in [-0.15, -0.1) is 11.8 Å². The van der Waals surface area contributed by atoms with E-state index in [0.717, 1.165) is 19.0 Å². The highest BCUT2D eigenvalue weighted by molar-refractivity contribution is 8.00. The minimum atomic E-state index is -0.851. The second kappa shape index (κ2) is 7.38. The summed E-state index contributed by atoms with van der Waals surface area (Å²) < 4.78 is 26.3. The lowest BCUT2D eigenvalue weighted by Gasteiger charge is -2.19. The van der Waals surface area contributed by atoms with Gasteiger partial charge in [-0.1, -0.05) is 0 Å². The molecule has 0 bridgehead atoms. The maximum Gasteiger partial charge on any atom is 0.239 e. The van der Waals surface area contributed by atoms with E-state index in [2.05, 4.69) is 5.32 Å². The van der Waals surface area contributed by atoms with Crippen LogP contribution >= 0.6 is 11.8 Å². The molecule has 1 aromatic rings. The van der Waals surface area contributed by atoms with E-state index in [4.69, 9.17) is 0 Å². The van der Waals surface area contributed by atoms with E-state index < -0.39 is 11.6 Å². The van der Waals surface area contributed by atoms with Crippen molar-refractivity contribution in [3.8, 4) is 0 Å². The Morgan fingerprint density at radius 1 is 1.33 bits per heavy atom. The van der Waals surface area contributed by atoms with Crippen LogP contribution in [0.1, 0.15) is 6.42 Å². The molecular formula is C16H19F2N3O2S. The summed E-state index contributed by atoms with van der Waals surface area (Å²) in [6.07, 6.45) is 0.873. The van der Waals surface area contributed by atoms with Crippen LogP contribution in [0.15, 0.2) is 18.2 Å². The van der Waals surface area contributed by atoms with E-state index >= 15 is 0 Å². The molecule has 24 heavy (non-hydrogen) atoms. The Hall–Kier alpha value is -1.83. The average Bonchev–Trinajstić information content (AvgIpc) is 3.18. The lowest BCUT2D eigenvalue weighted by Crippen LogP contribution is -2.40. The summed E-state index contributed by atoms with van der Waals surface area (Å²) in [5, 5.41) is 2.86. The maximum absolute atomic E-state index is 13.3. The Morgan fingerprint density at radius 2 is 2.17 bits per heavy atom. The van der Waals surface area contributed by atoms with Gasteiger partial charge in [0.15, 0.2) is 11.6 Å². The molecule has 5 nitrogen and oxygen atoms in total. The zero-order valence-electron chi connectivity index (χ0n) is 13.1. The Balaban J connectivity index is 1.45. The van der Waals surface area contributed by atoms with Crippen LogP contribution in [-0.2, 0) is 9.59 Å². The molecule has 2 saturated heterocycles. The van der Waals surface area contributed by atoms with Crippen LogP contribution in [0.25, 0.3) is 0 Å². The van der Waals surface area contributed by atoms with Crippen LogP contribution in [0.4, 0.5) is 14.5 Å². The van der Waals surface area contributed by atoms with Gasteiger partial charge in [-0.25, -0.2) is 8.78 Å². The molecule has 0 aliphatic carbocycles. The normalized spacial score (nSPS) is 20.8. The van der Waals surface area contributed by atoms with E-state index in [1.807, 2.05) is 4.90 Å². The number of rotatable bonds is 5. The van der Waals surface area contributed by atoms with Gasteiger partial charge >= 0.3 is 0 Å². The van der Waals surface area contributed by atoms with Crippen LogP contribution in [0, 0.1) is 17.6 Å². The summed E-state index contributed by atoms with van der Waals surface area (Å²) in [5.41, 5.74) is 0.655. The Labute approximate surface area is 143 Å². The fourth-order valence-corrected chi connectivity index (χ4v) is 3.85. The quantitative estimate of drug-likeness (QED) is 0.869. The van der Waals surface area contributed by atoms with Crippen molar-refractivity contribution in [3.05, 3.63) is 29.8 Å². The molecule has 0 spiro atoms. The highest BCUT2D eigenvalue weighted by atomic mass is 32.2. The Kier molecular flexibility index (Phi) is 5.23. The summed E-state index contributed by atoms with van der Waals surface area (Å²) in [6, 6.07) is 3.90. The molecule has 0 radical (unpaired) electrons. The smallest absolute Gasteiger partial charge is 0.239 e. The van der Waals surface area contributed by atoms with E-state index in [-0.39, 0.29) is 24.3 Å². The van der Waals surface area contributed by atoms with E-state index in [1.54, 1.807) is 11.0 Å². The van der Waals surface area contributed by atoms with E-state index in [0.29, 0.717) is 30.4 Å². The molecule has 0 saturated carbocycles. The number of carbonyl (C=O) groups excluding carboxylic acids is 2. The van der Waals surface area contributed by atoms with Gasteiger partial charge in [0.05, 0.1) is 11.6 Å². The van der Waals surface area contributed by atoms with Gasteiger partial charge < -0.3 is 15.1 Å². The van der Waals surface area contributed by atoms with Crippen LogP contribution in [0.2, 0.25) is 0 Å². The highest BCUT2D eigenvalue weighted by Gasteiger charge is 2.26. The second-order valence-corrected chi connectivity index (χ2v) is 7.03. The van der Waals surface area contributed by atoms with Gasteiger partial charge in [0, 0.05) is 31.4 Å². The standard InChI is InChI=1S/C16H19F2N3O2S/c17-13-2-1-12(5-14(13)18)20-4-3-11(7-20)6-19-15(22)8-21-10-24-9-16(21)23/h1-2,5,11H,3-4,6-10H2,(H,19,22)/t11-/m0/s1. The third kappa shape index (κ3) is 3.98. The summed E-state index contributed by atoms with van der Waals surface area (Å²) in [4.78, 5) is 26.9. The fourth-order valence-electron chi connectivity index (χ4n) is 2.94. The first-order valence-electron chi connectivity index (χ1n) is 7.85. The predicted molar refractivity (Wildman–Crippen MR) is 88.7 cm³/mol. The molecule has 8 heteroatoms. The molecule has 2 aliphatic heterocycles. The lowest BCUT2D eigenvalue weighted by atomic mass is 10.1. The largest absolute Gasteiger partial charge is 0.371 e. The summed E-state index contributed by atoms with van der Waals surface area (Å²) in [6.45, 7) is 2.05. The second-order valence-electron chi connectivity index (χ2n) is 6.07. The zero-order valence-corrected chi connectivity index (χ0v) is 14.0. The summed E-state index contributed by atoms with van der Waals surface area (Å²) in [5.74, 6) is -0.587. The number of anilines is 1. The van der Waals surface area contributed by atoms with Crippen molar-refractivity contribution >= 4 is 29.3 Å². The molecule has 3 rings (SSSR count). The van der Waals surface area contributed by atoms with E-state index in [1.165, 1.54) is 17.8 Å². The van der Waals surface area contributed by atoms with Crippen molar-refractivity contribution in [2.75, 3.05) is 42.7 Å². The topological polar surface area (TPSA) is 52.7 Å². The Bertz CT molecular complexity index is 644. The third-order valence-electron chi connectivity index (χ3n) is 4.30. The van der Waals surface area contributed by atoms with Crippen molar-refractivity contribution < 1.29 is 18.4 Å². The molecule has 1 aromatic carbocycles. The van der Waals surface area contributed by atoms with Gasteiger partial charge in [0.2, 0.25) is 11.8 Å². The number of nitrogens with one attached hydrogen (secondary N) is 1. The van der Waals surface area contributed by atoms with Gasteiger partial charge in [0.1, 0.15) is 6.54 Å². The van der Waals surface area contributed by atoms with Crippen LogP contribution in [-0.4, -0.2) is 54.5 Å². The fraction of sp³-hybridized carbons (Fsp3) is 0.500. The first-order valence-corrected chi connectivity index (χ1v) is 9.00. The molecule has 1 N–H and O–H groups in total. The van der Waals surface area contributed by atoms with Crippen LogP contribution in [0.3, 0.4) is 0 Å². The zero-order chi connectivity index (χ0) is 17.1. The molecule has 2 fully saturated rings. The molecule has 130 valence electrons. The third-order valence-corrected chi connectivity index (χ3v) is 5.25. The number of thioether (sulfide) groups is 1. The molecule has 1 atom stereocenters. The molecular weight excluding hydrogens is 336 g/mol. The van der Waals surface area contributed by atoms with Crippen LogP contribution in [0.5, 0.6) is 0 Å². The number of hydrogen-bond acceptors (Lipinski definition) is 4. The molecule has 2 heterocycles. The van der Waals surface area contributed by atoms with Gasteiger partial charge in [0.25, 0.3) is 0 Å². The van der Waals surface area contributed by atoms with Gasteiger partial charge in [-0.3, -0.25) is 9.59 Å². The average molecular weight is 355 g/mol. The number of carbonyl (C=O) groups is 2. The molecule has 2 aliphatic rings. The number of hydrogen-bond donors (Lipinski definition) is 1. The van der Waals surface area contributed by atoms with Crippen molar-refractivity contribution in [1.82, 2.24) is 10.2 Å². The SMILES string of the molecule is O=C(CN1CSCC1=O)NC[C@@H]1CCN(c2ccc(F)c(F)c2)C1. The first-order chi connectivity index (χ1) is 11.5. The summed E-state index contributed by atoms with van der Waals surface area (Å²) >= 11 is 1.51. The maximum atomic E-state index is 13.3. The highest BCUT2D eigenvalue weighted by Crippen LogP contribution is 2.25. The van der Waals surface area contributed by atoms with Crippen molar-refractivity contribution in [1.29, 1.82) is 0 Å². The Morgan fingerprint density at radius 3 is 2.88 bits per heavy atom. The monoisotopic (exact) mass is 355 g/mol. The number of nitrogens with zero attached hydrogens (tertiary/aromatic N) is 2. The van der Waals surface area contributed by atoms with Crippen LogP contribution < -0.4 is 10.2 Å². The number of amides is 2. The minimum Gasteiger partial charge on any atom is -0.371 e. The number of halogens is 2. The number of benzene rings is 1. The van der Waals surface area contributed by atoms with Gasteiger partial charge in [-0.2, -0.15) is 0 Å². The summed E-state index contributed by atoms with van der Waals surface area (Å²) in [7, 11) is 0. The van der Waals surface area contributed by atoms with Crippen molar-refractivity contribution in [2.45, 2.75) is 6.42 Å². The van der Waals surface area contributed by atoms with E-state index in [9.17, 15) is 18.4 Å². The van der Waals surface area contributed by atoms with Gasteiger partial charge in [-0.05, 0) is 24.5 Å². The van der Waals surface area contributed by atoms with Crippen molar-refractivity contribution in [2.24, 2.45) is 5.92 Å².